The minimum Gasteiger partial charge on any atom is -0.360 e. The van der Waals surface area contributed by atoms with E-state index in [4.69, 9.17) is 4.52 Å². The molecule has 25 heavy (non-hydrogen) atoms. The molecule has 1 saturated carbocycles. The summed E-state index contributed by atoms with van der Waals surface area (Å²) in [6.45, 7) is 5.82. The van der Waals surface area contributed by atoms with E-state index in [0.717, 1.165) is 35.8 Å². The summed E-state index contributed by atoms with van der Waals surface area (Å²) in [5.74, 6) is 2.20. The number of aryl methyl sites for hydroxylation is 2. The average Bonchev–Trinajstić information content (AvgIpc) is 3.26. The van der Waals surface area contributed by atoms with Gasteiger partial charge in [0.15, 0.2) is 5.69 Å². The lowest BCUT2D eigenvalue weighted by atomic mass is 10.3. The van der Waals surface area contributed by atoms with Gasteiger partial charge in [-0.3, -0.25) is 9.36 Å². The van der Waals surface area contributed by atoms with E-state index in [1.54, 1.807) is 18.5 Å². The van der Waals surface area contributed by atoms with Crippen LogP contribution in [-0.2, 0) is 0 Å². The average molecular weight is 338 g/mol. The Bertz CT molecular complexity index is 937. The zero-order valence-electron chi connectivity index (χ0n) is 14.3. The van der Waals surface area contributed by atoms with Gasteiger partial charge in [0.05, 0.1) is 23.8 Å². The number of rotatable bonds is 4. The maximum Gasteiger partial charge on any atom is 0.277 e. The molecule has 0 aliphatic heterocycles. The lowest BCUT2D eigenvalue weighted by molar-refractivity contribution is 0.101. The third-order valence-corrected chi connectivity index (χ3v) is 4.35. The van der Waals surface area contributed by atoms with Crippen LogP contribution < -0.4 is 5.32 Å². The van der Waals surface area contributed by atoms with Crippen molar-refractivity contribution in [3.05, 3.63) is 47.1 Å². The molecule has 0 radical (unpaired) electrons. The molecule has 3 aromatic rings. The molecular formula is C17H18N6O2. The maximum absolute atomic E-state index is 12.2. The van der Waals surface area contributed by atoms with Crippen molar-refractivity contribution < 1.29 is 9.32 Å². The van der Waals surface area contributed by atoms with Crippen LogP contribution in [-0.4, -0.2) is 30.6 Å². The molecule has 0 unspecified atom stereocenters. The molecule has 1 aliphatic rings. The number of imidazole rings is 1. The Morgan fingerprint density at radius 1 is 1.24 bits per heavy atom. The van der Waals surface area contributed by atoms with Gasteiger partial charge in [-0.1, -0.05) is 5.16 Å². The largest absolute Gasteiger partial charge is 0.360 e. The number of amides is 1. The number of hydrogen-bond acceptors (Lipinski definition) is 6. The molecule has 0 saturated heterocycles. The van der Waals surface area contributed by atoms with E-state index in [2.05, 4.69) is 25.4 Å². The molecule has 8 nitrogen and oxygen atoms in total. The number of nitrogens with one attached hydrogen (secondary N) is 1. The van der Waals surface area contributed by atoms with Crippen molar-refractivity contribution >= 4 is 11.6 Å². The highest BCUT2D eigenvalue weighted by atomic mass is 16.5. The van der Waals surface area contributed by atoms with Gasteiger partial charge in [-0.05, 0) is 33.6 Å². The first-order chi connectivity index (χ1) is 12.0. The molecule has 0 spiro atoms. The Balaban J connectivity index is 1.50. The third kappa shape index (κ3) is 2.90. The molecule has 0 aromatic carbocycles. The van der Waals surface area contributed by atoms with Crippen LogP contribution in [0.5, 0.6) is 0 Å². The van der Waals surface area contributed by atoms with E-state index < -0.39 is 0 Å². The van der Waals surface area contributed by atoms with Crippen molar-refractivity contribution in [3.63, 3.8) is 0 Å². The van der Waals surface area contributed by atoms with Crippen molar-refractivity contribution in [2.75, 3.05) is 5.32 Å². The van der Waals surface area contributed by atoms with Gasteiger partial charge in [-0.25, -0.2) is 15.0 Å². The monoisotopic (exact) mass is 338 g/mol. The molecular weight excluding hydrogens is 320 g/mol. The van der Waals surface area contributed by atoms with E-state index in [9.17, 15) is 4.79 Å². The fraction of sp³-hybridized carbons (Fsp3) is 0.353. The molecule has 8 heteroatoms. The zero-order valence-corrected chi connectivity index (χ0v) is 14.3. The van der Waals surface area contributed by atoms with Crippen LogP contribution in [0, 0.1) is 20.8 Å². The van der Waals surface area contributed by atoms with Crippen molar-refractivity contribution in [2.45, 2.75) is 39.5 Å². The van der Waals surface area contributed by atoms with Gasteiger partial charge in [0, 0.05) is 17.7 Å². The molecule has 1 aliphatic carbocycles. The van der Waals surface area contributed by atoms with Gasteiger partial charge >= 0.3 is 0 Å². The van der Waals surface area contributed by atoms with Crippen molar-refractivity contribution in [3.8, 4) is 5.95 Å². The highest BCUT2D eigenvalue weighted by molar-refractivity contribution is 6.02. The number of carbonyl (C=O) groups is 1. The molecule has 3 aromatic heterocycles. The summed E-state index contributed by atoms with van der Waals surface area (Å²) >= 11 is 0. The van der Waals surface area contributed by atoms with Gasteiger partial charge in [-0.2, -0.15) is 0 Å². The summed E-state index contributed by atoms with van der Waals surface area (Å²) < 4.78 is 7.08. The van der Waals surface area contributed by atoms with Crippen LogP contribution in [0.1, 0.15) is 52.2 Å². The molecule has 1 fully saturated rings. The SMILES string of the molecule is Cc1nc(C)n(-c2ncc(NC(=O)c3cc(C4CC4)on3)cn2)c1C. The second-order valence-electron chi connectivity index (χ2n) is 6.28. The highest BCUT2D eigenvalue weighted by Crippen LogP contribution is 2.40. The first kappa shape index (κ1) is 15.5. The normalized spacial score (nSPS) is 13.9. The van der Waals surface area contributed by atoms with E-state index in [1.807, 2.05) is 25.3 Å². The van der Waals surface area contributed by atoms with Crippen LogP contribution in [0.4, 0.5) is 5.69 Å². The maximum atomic E-state index is 12.2. The molecule has 3 heterocycles. The van der Waals surface area contributed by atoms with E-state index in [1.165, 1.54) is 0 Å². The predicted molar refractivity (Wildman–Crippen MR) is 89.8 cm³/mol. The van der Waals surface area contributed by atoms with Gasteiger partial charge in [0.2, 0.25) is 5.95 Å². The van der Waals surface area contributed by atoms with Crippen LogP contribution in [0.15, 0.2) is 23.0 Å². The Labute approximate surface area is 144 Å². The van der Waals surface area contributed by atoms with Crippen LogP contribution in [0.25, 0.3) is 5.95 Å². The van der Waals surface area contributed by atoms with Crippen LogP contribution in [0.2, 0.25) is 0 Å². The van der Waals surface area contributed by atoms with Crippen molar-refractivity contribution in [1.29, 1.82) is 0 Å². The highest BCUT2D eigenvalue weighted by Gasteiger charge is 2.28. The van der Waals surface area contributed by atoms with E-state index in [0.29, 0.717) is 17.6 Å². The predicted octanol–water partition coefficient (Wildman–Crippen LogP) is 2.71. The number of anilines is 1. The smallest absolute Gasteiger partial charge is 0.277 e. The Hall–Kier alpha value is -3.03. The molecule has 4 rings (SSSR count). The van der Waals surface area contributed by atoms with Crippen molar-refractivity contribution in [2.24, 2.45) is 0 Å². The number of hydrogen-bond donors (Lipinski definition) is 1. The summed E-state index contributed by atoms with van der Waals surface area (Å²) in [5, 5.41) is 6.56. The molecule has 0 atom stereocenters. The summed E-state index contributed by atoms with van der Waals surface area (Å²) in [7, 11) is 0. The van der Waals surface area contributed by atoms with Crippen molar-refractivity contribution in [1.82, 2.24) is 24.7 Å². The first-order valence-electron chi connectivity index (χ1n) is 8.16. The Morgan fingerprint density at radius 3 is 2.56 bits per heavy atom. The molecule has 128 valence electrons. The van der Waals surface area contributed by atoms with Gasteiger partial charge in [0.1, 0.15) is 11.6 Å². The van der Waals surface area contributed by atoms with E-state index in [-0.39, 0.29) is 11.6 Å². The lowest BCUT2D eigenvalue weighted by Crippen LogP contribution is -2.13. The summed E-state index contributed by atoms with van der Waals surface area (Å²) in [6.07, 6.45) is 5.32. The van der Waals surface area contributed by atoms with Crippen LogP contribution in [0.3, 0.4) is 0 Å². The Kier molecular flexibility index (Phi) is 3.60. The Morgan fingerprint density at radius 2 is 1.96 bits per heavy atom. The summed E-state index contributed by atoms with van der Waals surface area (Å²) in [5.41, 5.74) is 2.69. The van der Waals surface area contributed by atoms with Gasteiger partial charge in [-0.15, -0.1) is 0 Å². The minimum atomic E-state index is -0.335. The fourth-order valence-corrected chi connectivity index (χ4v) is 2.73. The standard InChI is InChI=1S/C17H18N6O2/c1-9-10(2)23(11(3)20-9)17-18-7-13(8-19-17)21-16(24)14-6-15(25-22-14)12-4-5-12/h6-8,12H,4-5H2,1-3H3,(H,21,24). The van der Waals surface area contributed by atoms with Gasteiger partial charge in [0.25, 0.3) is 5.91 Å². The first-order valence-corrected chi connectivity index (χ1v) is 8.16. The van der Waals surface area contributed by atoms with Crippen LogP contribution >= 0.6 is 0 Å². The number of aromatic nitrogens is 5. The minimum absolute atomic E-state index is 0.267. The molecule has 0 bridgehead atoms. The van der Waals surface area contributed by atoms with E-state index >= 15 is 0 Å². The molecule has 1 N–H and O–H groups in total. The number of nitrogens with zero attached hydrogens (tertiary/aromatic N) is 5. The van der Waals surface area contributed by atoms with Gasteiger partial charge < -0.3 is 9.84 Å². The number of carbonyl (C=O) groups excluding carboxylic acids is 1. The second-order valence-corrected chi connectivity index (χ2v) is 6.28. The summed E-state index contributed by atoms with van der Waals surface area (Å²) in [6, 6.07) is 1.70. The topological polar surface area (TPSA) is 98.7 Å². The second kappa shape index (κ2) is 5.80. The fourth-order valence-electron chi connectivity index (χ4n) is 2.73. The zero-order chi connectivity index (χ0) is 17.6. The lowest BCUT2D eigenvalue weighted by Gasteiger charge is -2.07. The quantitative estimate of drug-likeness (QED) is 0.785. The third-order valence-electron chi connectivity index (χ3n) is 4.35. The summed E-state index contributed by atoms with van der Waals surface area (Å²) in [4.78, 5) is 25.3. The molecule has 1 amide bonds.